The first-order chi connectivity index (χ1) is 5.38. The van der Waals surface area contributed by atoms with Crippen molar-refractivity contribution in [1.29, 1.82) is 0 Å². The molecule has 0 radical (unpaired) electrons. The maximum atomic E-state index is 8.75. The molecule has 0 aromatic rings. The molecule has 2 N–H and O–H groups in total. The SMILES string of the molecule is CCN(NO)C1CCCCC1. The lowest BCUT2D eigenvalue weighted by Gasteiger charge is -2.31. The van der Waals surface area contributed by atoms with Crippen molar-refractivity contribution in [1.82, 2.24) is 10.6 Å². The second-order valence-electron chi connectivity index (χ2n) is 3.18. The van der Waals surface area contributed by atoms with Gasteiger partial charge in [0.25, 0.3) is 0 Å². The van der Waals surface area contributed by atoms with Crippen molar-refractivity contribution in [2.75, 3.05) is 6.54 Å². The van der Waals surface area contributed by atoms with Crippen LogP contribution in [0, 0.1) is 0 Å². The predicted molar refractivity (Wildman–Crippen MR) is 44.2 cm³/mol. The van der Waals surface area contributed by atoms with E-state index in [4.69, 9.17) is 5.21 Å². The summed E-state index contributed by atoms with van der Waals surface area (Å²) in [4.78, 5) is 0. The van der Waals surface area contributed by atoms with Crippen LogP contribution >= 0.6 is 0 Å². The largest absolute Gasteiger partial charge is 0.302 e. The molecule has 3 heteroatoms. The molecule has 0 heterocycles. The zero-order valence-electron chi connectivity index (χ0n) is 7.21. The lowest BCUT2D eigenvalue weighted by molar-refractivity contribution is -0.0534. The van der Waals surface area contributed by atoms with Crippen LogP contribution in [0.25, 0.3) is 0 Å². The molecule has 0 amide bonds. The summed E-state index contributed by atoms with van der Waals surface area (Å²) in [6.07, 6.45) is 6.42. The second-order valence-corrected chi connectivity index (χ2v) is 3.18. The fourth-order valence-corrected chi connectivity index (χ4v) is 1.80. The molecule has 11 heavy (non-hydrogen) atoms. The van der Waals surface area contributed by atoms with Gasteiger partial charge in [0.2, 0.25) is 0 Å². The Kier molecular flexibility index (Phi) is 3.83. The van der Waals surface area contributed by atoms with Crippen LogP contribution in [0.2, 0.25) is 0 Å². The molecule has 3 nitrogen and oxygen atoms in total. The first-order valence-electron chi connectivity index (χ1n) is 4.55. The Morgan fingerprint density at radius 3 is 2.45 bits per heavy atom. The highest BCUT2D eigenvalue weighted by molar-refractivity contribution is 4.71. The van der Waals surface area contributed by atoms with Gasteiger partial charge in [-0.25, -0.2) is 5.01 Å². The van der Waals surface area contributed by atoms with E-state index in [0.29, 0.717) is 6.04 Å². The number of nitrogens with one attached hydrogen (secondary N) is 1. The van der Waals surface area contributed by atoms with Crippen LogP contribution in [0.4, 0.5) is 0 Å². The Morgan fingerprint density at radius 1 is 1.36 bits per heavy atom. The molecule has 0 aromatic carbocycles. The van der Waals surface area contributed by atoms with Gasteiger partial charge in [-0.15, -0.1) is 5.59 Å². The molecule has 1 saturated carbocycles. The van der Waals surface area contributed by atoms with Gasteiger partial charge in [0.1, 0.15) is 0 Å². The summed E-state index contributed by atoms with van der Waals surface area (Å²) in [5, 5.41) is 10.7. The number of rotatable bonds is 3. The second kappa shape index (κ2) is 4.70. The van der Waals surface area contributed by atoms with Crippen molar-refractivity contribution in [3.63, 3.8) is 0 Å². The minimum Gasteiger partial charge on any atom is -0.302 e. The van der Waals surface area contributed by atoms with E-state index in [1.165, 1.54) is 32.1 Å². The number of nitrogens with zero attached hydrogens (tertiary/aromatic N) is 1. The molecular weight excluding hydrogens is 140 g/mol. The molecule has 0 atom stereocenters. The van der Waals surface area contributed by atoms with Gasteiger partial charge in [0.05, 0.1) is 0 Å². The summed E-state index contributed by atoms with van der Waals surface area (Å²) in [7, 11) is 0. The van der Waals surface area contributed by atoms with Crippen LogP contribution in [0.1, 0.15) is 39.0 Å². The third-order valence-electron chi connectivity index (χ3n) is 2.48. The topological polar surface area (TPSA) is 35.5 Å². The summed E-state index contributed by atoms with van der Waals surface area (Å²) >= 11 is 0. The van der Waals surface area contributed by atoms with Crippen molar-refractivity contribution < 1.29 is 5.21 Å². The normalized spacial score (nSPS) is 21.0. The van der Waals surface area contributed by atoms with Crippen LogP contribution in [0.3, 0.4) is 0 Å². The van der Waals surface area contributed by atoms with Gasteiger partial charge in [0, 0.05) is 12.6 Å². The van der Waals surface area contributed by atoms with Crippen molar-refractivity contribution in [3.8, 4) is 0 Å². The quantitative estimate of drug-likeness (QED) is 0.611. The van der Waals surface area contributed by atoms with E-state index in [1.54, 1.807) is 0 Å². The number of hydrazine groups is 1. The maximum absolute atomic E-state index is 8.75. The third-order valence-corrected chi connectivity index (χ3v) is 2.48. The average molecular weight is 158 g/mol. The van der Waals surface area contributed by atoms with Gasteiger partial charge in [-0.2, -0.15) is 0 Å². The molecule has 0 saturated heterocycles. The van der Waals surface area contributed by atoms with E-state index in [-0.39, 0.29) is 0 Å². The van der Waals surface area contributed by atoms with E-state index < -0.39 is 0 Å². The van der Waals surface area contributed by atoms with Gasteiger partial charge < -0.3 is 5.21 Å². The van der Waals surface area contributed by atoms with E-state index in [1.807, 2.05) is 5.01 Å². The summed E-state index contributed by atoms with van der Waals surface area (Å²) < 4.78 is 0. The standard InChI is InChI=1S/C8H18N2O/c1-2-10(9-11)8-6-4-3-5-7-8/h8-9,11H,2-7H2,1H3. The Hall–Kier alpha value is -0.120. The Bertz CT molecular complexity index is 98.3. The monoisotopic (exact) mass is 158 g/mol. The third kappa shape index (κ3) is 2.43. The van der Waals surface area contributed by atoms with E-state index in [9.17, 15) is 0 Å². The lowest BCUT2D eigenvalue weighted by atomic mass is 9.95. The molecule has 1 fully saturated rings. The fourth-order valence-electron chi connectivity index (χ4n) is 1.80. The molecule has 0 bridgehead atoms. The smallest absolute Gasteiger partial charge is 0.0265 e. The van der Waals surface area contributed by atoms with Gasteiger partial charge >= 0.3 is 0 Å². The summed E-state index contributed by atoms with van der Waals surface area (Å²) in [6.45, 7) is 2.93. The highest BCUT2D eigenvalue weighted by Gasteiger charge is 2.18. The zero-order chi connectivity index (χ0) is 8.10. The molecule has 0 aromatic heterocycles. The van der Waals surface area contributed by atoms with E-state index in [0.717, 1.165) is 6.54 Å². The van der Waals surface area contributed by atoms with Gasteiger partial charge in [-0.1, -0.05) is 26.2 Å². The van der Waals surface area contributed by atoms with Gasteiger partial charge in [0.15, 0.2) is 0 Å². The Morgan fingerprint density at radius 2 is 2.00 bits per heavy atom. The average Bonchev–Trinajstić information content (AvgIpc) is 2.09. The van der Waals surface area contributed by atoms with Crippen LogP contribution in [0.5, 0.6) is 0 Å². The molecule has 1 aliphatic carbocycles. The van der Waals surface area contributed by atoms with Crippen molar-refractivity contribution in [2.24, 2.45) is 0 Å². The van der Waals surface area contributed by atoms with Crippen LogP contribution in [0.15, 0.2) is 0 Å². The van der Waals surface area contributed by atoms with E-state index in [2.05, 4.69) is 12.5 Å². The number of hydrogen-bond donors (Lipinski definition) is 2. The highest BCUT2D eigenvalue weighted by Crippen LogP contribution is 2.20. The molecule has 1 rings (SSSR count). The predicted octanol–water partition coefficient (Wildman–Crippen LogP) is 1.53. The molecular formula is C8H18N2O. The lowest BCUT2D eigenvalue weighted by Crippen LogP contribution is -2.44. The van der Waals surface area contributed by atoms with E-state index >= 15 is 0 Å². The minimum absolute atomic E-state index is 0.554. The first kappa shape index (κ1) is 8.97. The van der Waals surface area contributed by atoms with Crippen LogP contribution < -0.4 is 5.59 Å². The minimum atomic E-state index is 0.554. The van der Waals surface area contributed by atoms with Crippen molar-refractivity contribution >= 4 is 0 Å². The molecule has 1 aliphatic rings. The van der Waals surface area contributed by atoms with Gasteiger partial charge in [-0.05, 0) is 12.8 Å². The summed E-state index contributed by atoms with van der Waals surface area (Å²) in [6, 6.07) is 0.554. The first-order valence-corrected chi connectivity index (χ1v) is 4.55. The molecule has 0 spiro atoms. The van der Waals surface area contributed by atoms with Gasteiger partial charge in [-0.3, -0.25) is 0 Å². The molecule has 66 valence electrons. The van der Waals surface area contributed by atoms with Crippen LogP contribution in [-0.2, 0) is 0 Å². The van der Waals surface area contributed by atoms with Crippen molar-refractivity contribution in [2.45, 2.75) is 45.1 Å². The number of hydrogen-bond acceptors (Lipinski definition) is 3. The molecule has 0 aliphatic heterocycles. The maximum Gasteiger partial charge on any atom is 0.0265 e. The highest BCUT2D eigenvalue weighted by atomic mass is 16.5. The Labute approximate surface area is 68.3 Å². The zero-order valence-corrected chi connectivity index (χ0v) is 7.21. The van der Waals surface area contributed by atoms with Crippen LogP contribution in [-0.4, -0.2) is 22.8 Å². The summed E-state index contributed by atoms with van der Waals surface area (Å²) in [5.41, 5.74) is 2.25. The summed E-state index contributed by atoms with van der Waals surface area (Å²) in [5.74, 6) is 0. The Balaban J connectivity index is 2.30. The fraction of sp³-hybridized carbons (Fsp3) is 1.00. The molecule has 0 unspecified atom stereocenters. The van der Waals surface area contributed by atoms with Crippen molar-refractivity contribution in [3.05, 3.63) is 0 Å².